The van der Waals surface area contributed by atoms with E-state index in [1.165, 1.54) is 0 Å². The highest BCUT2D eigenvalue weighted by molar-refractivity contribution is 6.43. The highest BCUT2D eigenvalue weighted by Gasteiger charge is 2.23. The van der Waals surface area contributed by atoms with Crippen LogP contribution in [0, 0.1) is 0 Å². The van der Waals surface area contributed by atoms with E-state index in [0.717, 1.165) is 6.54 Å². The standard InChI is InChI=1S/C14H17Cl2NO3/c15-12-3-1-2-11(14(12)16)13(19)4-5-17-6-7-20-9-10(17)8-18/h1-3,10,18H,4-9H2. The first-order valence-corrected chi connectivity index (χ1v) is 7.29. The van der Waals surface area contributed by atoms with Gasteiger partial charge in [-0.15, -0.1) is 0 Å². The number of hydrogen-bond acceptors (Lipinski definition) is 4. The van der Waals surface area contributed by atoms with E-state index in [9.17, 15) is 9.90 Å². The Balaban J connectivity index is 1.96. The van der Waals surface area contributed by atoms with Gasteiger partial charge < -0.3 is 9.84 Å². The average Bonchev–Trinajstić information content (AvgIpc) is 2.48. The number of halogens is 2. The summed E-state index contributed by atoms with van der Waals surface area (Å²) in [7, 11) is 0. The predicted molar refractivity (Wildman–Crippen MR) is 78.7 cm³/mol. The lowest BCUT2D eigenvalue weighted by atomic mass is 10.1. The molecule has 1 aliphatic rings. The molecule has 1 heterocycles. The van der Waals surface area contributed by atoms with Crippen molar-refractivity contribution in [3.05, 3.63) is 33.8 Å². The molecule has 0 aliphatic carbocycles. The zero-order valence-electron chi connectivity index (χ0n) is 11.0. The molecule has 20 heavy (non-hydrogen) atoms. The van der Waals surface area contributed by atoms with Crippen LogP contribution in [-0.2, 0) is 4.74 Å². The molecule has 1 aliphatic heterocycles. The highest BCUT2D eigenvalue weighted by atomic mass is 35.5. The summed E-state index contributed by atoms with van der Waals surface area (Å²) >= 11 is 11.9. The molecule has 1 fully saturated rings. The number of ketones is 1. The van der Waals surface area contributed by atoms with Gasteiger partial charge >= 0.3 is 0 Å². The molecule has 0 amide bonds. The molecule has 0 aromatic heterocycles. The molecule has 1 N–H and O–H groups in total. The first-order valence-electron chi connectivity index (χ1n) is 6.53. The fourth-order valence-corrected chi connectivity index (χ4v) is 2.66. The van der Waals surface area contributed by atoms with Gasteiger partial charge in [0.15, 0.2) is 5.78 Å². The van der Waals surface area contributed by atoms with Crippen LogP contribution in [0.15, 0.2) is 18.2 Å². The fourth-order valence-electron chi connectivity index (χ4n) is 2.25. The number of carbonyl (C=O) groups is 1. The fraction of sp³-hybridized carbons (Fsp3) is 0.500. The smallest absolute Gasteiger partial charge is 0.165 e. The Morgan fingerprint density at radius 1 is 1.45 bits per heavy atom. The van der Waals surface area contributed by atoms with Gasteiger partial charge in [0.2, 0.25) is 0 Å². The number of benzene rings is 1. The summed E-state index contributed by atoms with van der Waals surface area (Å²) in [5.41, 5.74) is 0.452. The van der Waals surface area contributed by atoms with Crippen molar-refractivity contribution >= 4 is 29.0 Å². The van der Waals surface area contributed by atoms with Crippen molar-refractivity contribution in [1.82, 2.24) is 4.90 Å². The van der Waals surface area contributed by atoms with E-state index in [1.54, 1.807) is 18.2 Å². The molecule has 4 nitrogen and oxygen atoms in total. The molecule has 110 valence electrons. The Bertz CT molecular complexity index is 481. The minimum atomic E-state index is -0.0410. The largest absolute Gasteiger partial charge is 0.395 e. The number of ether oxygens (including phenoxy) is 1. The molecule has 1 aromatic rings. The summed E-state index contributed by atoms with van der Waals surface area (Å²) in [6.07, 6.45) is 0.344. The van der Waals surface area contributed by atoms with E-state index in [4.69, 9.17) is 27.9 Å². The third-order valence-electron chi connectivity index (χ3n) is 3.44. The maximum atomic E-state index is 12.2. The Morgan fingerprint density at radius 3 is 3.00 bits per heavy atom. The average molecular weight is 318 g/mol. The Kier molecular flexibility index (Phi) is 5.81. The SMILES string of the molecule is O=C(CCN1CCOCC1CO)c1cccc(Cl)c1Cl. The van der Waals surface area contributed by atoms with Crippen LogP contribution >= 0.6 is 23.2 Å². The van der Waals surface area contributed by atoms with E-state index >= 15 is 0 Å². The third kappa shape index (κ3) is 3.71. The highest BCUT2D eigenvalue weighted by Crippen LogP contribution is 2.26. The zero-order chi connectivity index (χ0) is 14.5. The van der Waals surface area contributed by atoms with Crippen molar-refractivity contribution in [3.63, 3.8) is 0 Å². The lowest BCUT2D eigenvalue weighted by Gasteiger charge is -2.34. The number of Topliss-reactive ketones (excluding diaryl/α,β-unsaturated/α-hetero) is 1. The van der Waals surface area contributed by atoms with E-state index in [2.05, 4.69) is 4.90 Å². The quantitative estimate of drug-likeness (QED) is 0.846. The van der Waals surface area contributed by atoms with Gasteiger partial charge in [0.25, 0.3) is 0 Å². The molecule has 0 spiro atoms. The van der Waals surface area contributed by atoms with Gasteiger partial charge in [-0.05, 0) is 12.1 Å². The van der Waals surface area contributed by atoms with Crippen LogP contribution in [-0.4, -0.2) is 54.7 Å². The number of aliphatic hydroxyl groups is 1. The van der Waals surface area contributed by atoms with Crippen LogP contribution in [0.4, 0.5) is 0 Å². The minimum Gasteiger partial charge on any atom is -0.395 e. The van der Waals surface area contributed by atoms with Crippen LogP contribution in [0.1, 0.15) is 16.8 Å². The van der Waals surface area contributed by atoms with Gasteiger partial charge in [0, 0.05) is 25.1 Å². The number of rotatable bonds is 5. The van der Waals surface area contributed by atoms with Crippen LogP contribution in [0.5, 0.6) is 0 Å². The van der Waals surface area contributed by atoms with Gasteiger partial charge in [0.1, 0.15) is 0 Å². The van der Waals surface area contributed by atoms with Crippen LogP contribution < -0.4 is 0 Å². The summed E-state index contributed by atoms with van der Waals surface area (Å²) in [6.45, 7) is 2.47. The maximum Gasteiger partial charge on any atom is 0.165 e. The first-order chi connectivity index (χ1) is 9.63. The normalized spacial score (nSPS) is 20.1. The first kappa shape index (κ1) is 15.7. The van der Waals surface area contributed by atoms with Crippen molar-refractivity contribution in [2.24, 2.45) is 0 Å². The Labute approximate surface area is 128 Å². The molecule has 1 saturated heterocycles. The van der Waals surface area contributed by atoms with Crippen LogP contribution in [0.25, 0.3) is 0 Å². The van der Waals surface area contributed by atoms with E-state index < -0.39 is 0 Å². The summed E-state index contributed by atoms with van der Waals surface area (Å²) in [5.74, 6) is -0.0410. The number of carbonyl (C=O) groups excluding carboxylic acids is 1. The summed E-state index contributed by atoms with van der Waals surface area (Å²) in [6, 6.07) is 5.02. The summed E-state index contributed by atoms with van der Waals surface area (Å²) < 4.78 is 5.30. The number of nitrogens with zero attached hydrogens (tertiary/aromatic N) is 1. The van der Waals surface area contributed by atoms with Crippen LogP contribution in [0.2, 0.25) is 10.0 Å². The minimum absolute atomic E-state index is 0.0338. The number of hydrogen-bond donors (Lipinski definition) is 1. The summed E-state index contributed by atoms with van der Waals surface area (Å²) in [5, 5.41) is 9.97. The maximum absolute atomic E-state index is 12.2. The second-order valence-electron chi connectivity index (χ2n) is 4.72. The molecular formula is C14H17Cl2NO3. The second kappa shape index (κ2) is 7.38. The zero-order valence-corrected chi connectivity index (χ0v) is 12.5. The molecule has 0 saturated carbocycles. The lowest BCUT2D eigenvalue weighted by molar-refractivity contribution is -0.0270. The Hall–Kier alpha value is -0.650. The van der Waals surface area contributed by atoms with Crippen LogP contribution in [0.3, 0.4) is 0 Å². The second-order valence-corrected chi connectivity index (χ2v) is 5.51. The van der Waals surface area contributed by atoms with Gasteiger partial charge in [0.05, 0.1) is 35.9 Å². The molecule has 1 unspecified atom stereocenters. The van der Waals surface area contributed by atoms with Gasteiger partial charge in [-0.1, -0.05) is 29.3 Å². The molecule has 1 aromatic carbocycles. The van der Waals surface area contributed by atoms with E-state index in [1.807, 2.05) is 0 Å². The van der Waals surface area contributed by atoms with Gasteiger partial charge in [-0.2, -0.15) is 0 Å². The molecule has 6 heteroatoms. The van der Waals surface area contributed by atoms with E-state index in [0.29, 0.717) is 41.8 Å². The predicted octanol–water partition coefficient (Wildman–Crippen LogP) is 2.26. The van der Waals surface area contributed by atoms with Gasteiger partial charge in [-0.3, -0.25) is 9.69 Å². The van der Waals surface area contributed by atoms with E-state index in [-0.39, 0.29) is 18.4 Å². The lowest BCUT2D eigenvalue weighted by Crippen LogP contribution is -2.48. The van der Waals surface area contributed by atoms with Crippen molar-refractivity contribution in [2.75, 3.05) is 32.9 Å². The molecule has 2 rings (SSSR count). The monoisotopic (exact) mass is 317 g/mol. The van der Waals surface area contributed by atoms with Crippen molar-refractivity contribution in [3.8, 4) is 0 Å². The number of morpholine rings is 1. The molecule has 0 bridgehead atoms. The van der Waals surface area contributed by atoms with Crippen molar-refractivity contribution < 1.29 is 14.6 Å². The topological polar surface area (TPSA) is 49.8 Å². The molecular weight excluding hydrogens is 301 g/mol. The summed E-state index contributed by atoms with van der Waals surface area (Å²) in [4.78, 5) is 14.3. The van der Waals surface area contributed by atoms with Crippen molar-refractivity contribution in [1.29, 1.82) is 0 Å². The number of aliphatic hydroxyl groups excluding tert-OH is 1. The van der Waals surface area contributed by atoms with Crippen molar-refractivity contribution in [2.45, 2.75) is 12.5 Å². The van der Waals surface area contributed by atoms with Gasteiger partial charge in [-0.25, -0.2) is 0 Å². The third-order valence-corrected chi connectivity index (χ3v) is 4.26. The molecule has 1 atom stereocenters. The Morgan fingerprint density at radius 2 is 2.25 bits per heavy atom. The molecule has 0 radical (unpaired) electrons.